The van der Waals surface area contributed by atoms with Gasteiger partial charge >= 0.3 is 0 Å². The lowest BCUT2D eigenvalue weighted by atomic mass is 10.1. The van der Waals surface area contributed by atoms with Gasteiger partial charge in [0, 0.05) is 17.7 Å². The molecular formula is C13H16OS. The van der Waals surface area contributed by atoms with Crippen LogP contribution in [0, 0.1) is 5.92 Å². The SMILES string of the molecule is O=C1CCC(CCSc2ccccc2)C1. The topological polar surface area (TPSA) is 17.1 Å². The summed E-state index contributed by atoms with van der Waals surface area (Å²) in [6, 6.07) is 10.5. The van der Waals surface area contributed by atoms with Crippen LogP contribution in [0.15, 0.2) is 35.2 Å². The Morgan fingerprint density at radius 2 is 2.07 bits per heavy atom. The summed E-state index contributed by atoms with van der Waals surface area (Å²) in [7, 11) is 0. The van der Waals surface area contributed by atoms with Crippen molar-refractivity contribution in [3.05, 3.63) is 30.3 Å². The minimum absolute atomic E-state index is 0.463. The molecule has 80 valence electrons. The molecule has 0 heterocycles. The summed E-state index contributed by atoms with van der Waals surface area (Å²) in [6.07, 6.45) is 3.95. The van der Waals surface area contributed by atoms with Gasteiger partial charge in [0.05, 0.1) is 0 Å². The highest BCUT2D eigenvalue weighted by molar-refractivity contribution is 7.99. The first-order valence-corrected chi connectivity index (χ1v) is 6.53. The van der Waals surface area contributed by atoms with Gasteiger partial charge in [0.15, 0.2) is 0 Å². The smallest absolute Gasteiger partial charge is 0.133 e. The van der Waals surface area contributed by atoms with Gasteiger partial charge in [-0.1, -0.05) is 18.2 Å². The van der Waals surface area contributed by atoms with Crippen molar-refractivity contribution in [3.63, 3.8) is 0 Å². The third-order valence-corrected chi connectivity index (χ3v) is 3.93. The zero-order chi connectivity index (χ0) is 10.5. The number of carbonyl (C=O) groups excluding carboxylic acids is 1. The fourth-order valence-corrected chi connectivity index (χ4v) is 3.03. The number of rotatable bonds is 4. The van der Waals surface area contributed by atoms with Gasteiger partial charge in [-0.3, -0.25) is 4.79 Å². The summed E-state index contributed by atoms with van der Waals surface area (Å²) >= 11 is 1.90. The average molecular weight is 220 g/mol. The average Bonchev–Trinajstić information content (AvgIpc) is 2.66. The van der Waals surface area contributed by atoms with Gasteiger partial charge in [-0.05, 0) is 36.6 Å². The number of carbonyl (C=O) groups is 1. The number of Topliss-reactive ketones (excluding diaryl/α,β-unsaturated/α-hetero) is 1. The molecule has 0 saturated heterocycles. The lowest BCUT2D eigenvalue weighted by Crippen LogP contribution is -1.96. The predicted octanol–water partition coefficient (Wildman–Crippen LogP) is 3.54. The van der Waals surface area contributed by atoms with Crippen LogP contribution in [0.4, 0.5) is 0 Å². The van der Waals surface area contributed by atoms with Crippen LogP contribution in [-0.4, -0.2) is 11.5 Å². The van der Waals surface area contributed by atoms with Crippen molar-refractivity contribution in [3.8, 4) is 0 Å². The van der Waals surface area contributed by atoms with Crippen LogP contribution in [0.25, 0.3) is 0 Å². The van der Waals surface area contributed by atoms with Crippen LogP contribution in [0.1, 0.15) is 25.7 Å². The Labute approximate surface area is 95.3 Å². The van der Waals surface area contributed by atoms with E-state index >= 15 is 0 Å². The lowest BCUT2D eigenvalue weighted by Gasteiger charge is -2.06. The third kappa shape index (κ3) is 3.38. The molecular weight excluding hydrogens is 204 g/mol. The largest absolute Gasteiger partial charge is 0.300 e. The quantitative estimate of drug-likeness (QED) is 0.722. The van der Waals surface area contributed by atoms with Gasteiger partial charge < -0.3 is 0 Å². The molecule has 1 aliphatic carbocycles. The maximum atomic E-state index is 11.1. The second kappa shape index (κ2) is 5.36. The second-order valence-corrected chi connectivity index (χ2v) is 5.27. The molecule has 0 bridgehead atoms. The molecule has 0 radical (unpaired) electrons. The molecule has 1 nitrogen and oxygen atoms in total. The first kappa shape index (κ1) is 10.7. The monoisotopic (exact) mass is 220 g/mol. The molecule has 0 amide bonds. The first-order chi connectivity index (χ1) is 7.34. The molecule has 1 fully saturated rings. The predicted molar refractivity (Wildman–Crippen MR) is 64.1 cm³/mol. The van der Waals surface area contributed by atoms with Crippen molar-refractivity contribution in [1.82, 2.24) is 0 Å². The minimum Gasteiger partial charge on any atom is -0.300 e. The van der Waals surface area contributed by atoms with E-state index in [0.29, 0.717) is 11.7 Å². The van der Waals surface area contributed by atoms with Gasteiger partial charge in [-0.25, -0.2) is 0 Å². The van der Waals surface area contributed by atoms with Crippen LogP contribution in [0.3, 0.4) is 0 Å². The van der Waals surface area contributed by atoms with Gasteiger partial charge in [-0.2, -0.15) is 0 Å². The zero-order valence-electron chi connectivity index (χ0n) is 8.82. The minimum atomic E-state index is 0.463. The van der Waals surface area contributed by atoms with Crippen LogP contribution in [0.5, 0.6) is 0 Å². The zero-order valence-corrected chi connectivity index (χ0v) is 9.63. The normalized spacial score (nSPS) is 20.8. The fraction of sp³-hybridized carbons (Fsp3) is 0.462. The molecule has 1 aliphatic rings. The van der Waals surface area contributed by atoms with Crippen molar-refractivity contribution < 1.29 is 4.79 Å². The number of thioether (sulfide) groups is 1. The van der Waals surface area contributed by atoms with E-state index in [1.807, 2.05) is 17.8 Å². The molecule has 1 atom stereocenters. The van der Waals surface area contributed by atoms with E-state index < -0.39 is 0 Å². The Morgan fingerprint density at radius 3 is 2.73 bits per heavy atom. The van der Waals surface area contributed by atoms with Gasteiger partial charge in [-0.15, -0.1) is 11.8 Å². The molecule has 1 aromatic rings. The van der Waals surface area contributed by atoms with Crippen LogP contribution in [-0.2, 0) is 4.79 Å². The Morgan fingerprint density at radius 1 is 1.27 bits per heavy atom. The fourth-order valence-electron chi connectivity index (χ4n) is 2.00. The Balaban J connectivity index is 1.69. The van der Waals surface area contributed by atoms with Gasteiger partial charge in [0.2, 0.25) is 0 Å². The first-order valence-electron chi connectivity index (χ1n) is 5.54. The molecule has 15 heavy (non-hydrogen) atoms. The second-order valence-electron chi connectivity index (χ2n) is 4.10. The van der Waals surface area contributed by atoms with E-state index in [9.17, 15) is 4.79 Å². The highest BCUT2D eigenvalue weighted by atomic mass is 32.2. The molecule has 1 aromatic carbocycles. The molecule has 0 aliphatic heterocycles. The van der Waals surface area contributed by atoms with E-state index in [1.165, 1.54) is 11.3 Å². The Hall–Kier alpha value is -0.760. The van der Waals surface area contributed by atoms with Crippen molar-refractivity contribution >= 4 is 17.5 Å². The highest BCUT2D eigenvalue weighted by Gasteiger charge is 2.21. The summed E-state index contributed by atoms with van der Waals surface area (Å²) in [4.78, 5) is 12.4. The van der Waals surface area contributed by atoms with E-state index in [0.717, 1.165) is 25.0 Å². The molecule has 1 unspecified atom stereocenters. The van der Waals surface area contributed by atoms with Crippen molar-refractivity contribution in [2.24, 2.45) is 5.92 Å². The molecule has 0 spiro atoms. The molecule has 0 N–H and O–H groups in total. The molecule has 2 rings (SSSR count). The van der Waals surface area contributed by atoms with E-state index in [4.69, 9.17) is 0 Å². The van der Waals surface area contributed by atoms with Gasteiger partial charge in [0.25, 0.3) is 0 Å². The maximum absolute atomic E-state index is 11.1. The summed E-state index contributed by atoms with van der Waals surface area (Å²) in [5.41, 5.74) is 0. The lowest BCUT2D eigenvalue weighted by molar-refractivity contribution is -0.117. The number of hydrogen-bond donors (Lipinski definition) is 0. The van der Waals surface area contributed by atoms with Crippen LogP contribution in [0.2, 0.25) is 0 Å². The Bertz CT molecular complexity index is 321. The summed E-state index contributed by atoms with van der Waals surface area (Å²) in [5.74, 6) is 2.26. The van der Waals surface area contributed by atoms with Crippen molar-refractivity contribution in [2.45, 2.75) is 30.6 Å². The summed E-state index contributed by atoms with van der Waals surface area (Å²) in [6.45, 7) is 0. The number of hydrogen-bond acceptors (Lipinski definition) is 2. The van der Waals surface area contributed by atoms with Crippen molar-refractivity contribution in [1.29, 1.82) is 0 Å². The van der Waals surface area contributed by atoms with E-state index in [-0.39, 0.29) is 0 Å². The highest BCUT2D eigenvalue weighted by Crippen LogP contribution is 2.28. The van der Waals surface area contributed by atoms with E-state index in [1.54, 1.807) is 0 Å². The summed E-state index contributed by atoms with van der Waals surface area (Å²) < 4.78 is 0. The van der Waals surface area contributed by atoms with E-state index in [2.05, 4.69) is 24.3 Å². The van der Waals surface area contributed by atoms with Crippen LogP contribution < -0.4 is 0 Å². The van der Waals surface area contributed by atoms with Gasteiger partial charge in [0.1, 0.15) is 5.78 Å². The Kier molecular flexibility index (Phi) is 3.84. The molecule has 0 aromatic heterocycles. The third-order valence-electron chi connectivity index (χ3n) is 2.89. The standard InChI is InChI=1S/C13H16OS/c14-12-7-6-11(10-12)8-9-15-13-4-2-1-3-5-13/h1-5,11H,6-10H2. The molecule has 2 heteroatoms. The maximum Gasteiger partial charge on any atom is 0.133 e. The number of benzene rings is 1. The van der Waals surface area contributed by atoms with Crippen molar-refractivity contribution in [2.75, 3.05) is 5.75 Å². The summed E-state index contributed by atoms with van der Waals surface area (Å²) in [5, 5.41) is 0. The molecule has 1 saturated carbocycles. The number of ketones is 1. The van der Waals surface area contributed by atoms with Crippen LogP contribution >= 0.6 is 11.8 Å².